The molecule has 0 aromatic carbocycles. The zero-order chi connectivity index (χ0) is 18.1. The Balaban J connectivity index is 2.04. The molecule has 0 bridgehead atoms. The summed E-state index contributed by atoms with van der Waals surface area (Å²) in [4.78, 5) is 16.5. The molecule has 1 heterocycles. The summed E-state index contributed by atoms with van der Waals surface area (Å²) in [5.74, 6) is 0.826. The van der Waals surface area contributed by atoms with Gasteiger partial charge in [-0.3, -0.25) is 4.79 Å². The highest BCUT2D eigenvalue weighted by Crippen LogP contribution is 2.54. The summed E-state index contributed by atoms with van der Waals surface area (Å²) in [7, 11) is 0. The zero-order valence-corrected chi connectivity index (χ0v) is 16.4. The van der Waals surface area contributed by atoms with Crippen LogP contribution in [-0.4, -0.2) is 24.4 Å². The number of rotatable bonds is 6. The SMILES string of the molecule is CCC1CC(CC(=O)NC(n2cnc(CO)c2)C(Cl)(Cl)Cl)C1(C)C. The zero-order valence-electron chi connectivity index (χ0n) is 14.1. The first kappa shape index (κ1) is 19.8. The molecule has 0 aliphatic heterocycles. The third-order valence-electron chi connectivity index (χ3n) is 5.32. The van der Waals surface area contributed by atoms with Crippen molar-refractivity contribution < 1.29 is 9.90 Å². The summed E-state index contributed by atoms with van der Waals surface area (Å²) in [6, 6.07) is 0. The fourth-order valence-electron chi connectivity index (χ4n) is 3.53. The van der Waals surface area contributed by atoms with E-state index in [4.69, 9.17) is 39.9 Å². The summed E-state index contributed by atoms with van der Waals surface area (Å²) >= 11 is 18.1. The van der Waals surface area contributed by atoms with Gasteiger partial charge >= 0.3 is 0 Å². The Bertz CT molecular complexity index is 583. The number of carbonyl (C=O) groups excluding carboxylic acids is 1. The second-order valence-corrected chi connectivity index (χ2v) is 9.41. The number of aliphatic hydroxyl groups excluding tert-OH is 1. The van der Waals surface area contributed by atoms with Crippen molar-refractivity contribution in [1.82, 2.24) is 14.9 Å². The molecular formula is C16H24Cl3N3O2. The van der Waals surface area contributed by atoms with Crippen LogP contribution in [0.3, 0.4) is 0 Å². The van der Waals surface area contributed by atoms with Gasteiger partial charge in [0.1, 0.15) is 0 Å². The lowest BCUT2D eigenvalue weighted by Crippen LogP contribution is -2.48. The minimum absolute atomic E-state index is 0.153. The number of aliphatic hydroxyl groups is 1. The summed E-state index contributed by atoms with van der Waals surface area (Å²) in [5, 5.41) is 11.9. The number of nitrogens with one attached hydrogen (secondary N) is 1. The van der Waals surface area contributed by atoms with E-state index in [0.29, 0.717) is 24.0 Å². The molecular weight excluding hydrogens is 373 g/mol. The number of nitrogens with zero attached hydrogens (tertiary/aromatic N) is 2. The summed E-state index contributed by atoms with van der Waals surface area (Å²) in [6.07, 6.45) is 4.68. The molecule has 3 atom stereocenters. The maximum absolute atomic E-state index is 12.5. The number of carbonyl (C=O) groups is 1. The molecule has 0 spiro atoms. The normalized spacial score (nSPS) is 24.3. The van der Waals surface area contributed by atoms with Gasteiger partial charge in [0.05, 0.1) is 18.6 Å². The summed E-state index contributed by atoms with van der Waals surface area (Å²) in [6.45, 7) is 6.37. The fourth-order valence-corrected chi connectivity index (χ4v) is 4.03. The molecule has 1 saturated carbocycles. The number of hydrogen-bond acceptors (Lipinski definition) is 3. The van der Waals surface area contributed by atoms with Crippen molar-refractivity contribution in [3.05, 3.63) is 18.2 Å². The van der Waals surface area contributed by atoms with Crippen LogP contribution < -0.4 is 5.32 Å². The fraction of sp³-hybridized carbons (Fsp3) is 0.750. The average Bonchev–Trinajstić information content (AvgIpc) is 2.96. The minimum Gasteiger partial charge on any atom is -0.390 e. The quantitative estimate of drug-likeness (QED) is 0.718. The molecule has 3 unspecified atom stereocenters. The molecule has 1 aromatic heterocycles. The number of aromatic nitrogens is 2. The van der Waals surface area contributed by atoms with Crippen molar-refractivity contribution in [2.45, 2.75) is 56.6 Å². The van der Waals surface area contributed by atoms with E-state index >= 15 is 0 Å². The van der Waals surface area contributed by atoms with Gasteiger partial charge < -0.3 is 15.0 Å². The lowest BCUT2D eigenvalue weighted by Gasteiger charge is -2.52. The van der Waals surface area contributed by atoms with Crippen LogP contribution in [0.5, 0.6) is 0 Å². The van der Waals surface area contributed by atoms with Gasteiger partial charge in [0.25, 0.3) is 0 Å². The molecule has 8 heteroatoms. The third kappa shape index (κ3) is 4.18. The highest BCUT2D eigenvalue weighted by atomic mass is 35.6. The van der Waals surface area contributed by atoms with Crippen LogP contribution in [0.1, 0.15) is 51.9 Å². The van der Waals surface area contributed by atoms with Gasteiger partial charge in [-0.1, -0.05) is 62.0 Å². The highest BCUT2D eigenvalue weighted by molar-refractivity contribution is 6.67. The molecule has 1 aliphatic rings. The van der Waals surface area contributed by atoms with E-state index in [1.54, 1.807) is 6.20 Å². The molecule has 0 saturated heterocycles. The molecule has 2 N–H and O–H groups in total. The lowest BCUT2D eigenvalue weighted by atomic mass is 9.53. The maximum Gasteiger partial charge on any atom is 0.229 e. The van der Waals surface area contributed by atoms with Gasteiger partial charge in [-0.2, -0.15) is 0 Å². The van der Waals surface area contributed by atoms with Crippen molar-refractivity contribution in [3.63, 3.8) is 0 Å². The predicted molar refractivity (Wildman–Crippen MR) is 95.9 cm³/mol. The van der Waals surface area contributed by atoms with E-state index in [9.17, 15) is 4.79 Å². The van der Waals surface area contributed by atoms with Gasteiger partial charge in [-0.25, -0.2) is 4.98 Å². The van der Waals surface area contributed by atoms with Crippen molar-refractivity contribution in [2.24, 2.45) is 17.3 Å². The van der Waals surface area contributed by atoms with E-state index in [2.05, 4.69) is 31.1 Å². The Kier molecular flexibility index (Phi) is 6.12. The molecule has 136 valence electrons. The monoisotopic (exact) mass is 395 g/mol. The average molecular weight is 397 g/mol. The third-order valence-corrected chi connectivity index (χ3v) is 5.94. The number of alkyl halides is 3. The van der Waals surface area contributed by atoms with Crippen molar-refractivity contribution in [2.75, 3.05) is 0 Å². The smallest absolute Gasteiger partial charge is 0.229 e. The molecule has 1 fully saturated rings. The minimum atomic E-state index is -1.73. The summed E-state index contributed by atoms with van der Waals surface area (Å²) in [5.41, 5.74) is 0.593. The van der Waals surface area contributed by atoms with E-state index in [1.807, 2.05) is 0 Å². The number of hydrogen-bond donors (Lipinski definition) is 2. The second kappa shape index (κ2) is 7.40. The van der Waals surface area contributed by atoms with Crippen LogP contribution in [0.25, 0.3) is 0 Å². The van der Waals surface area contributed by atoms with E-state index in [1.165, 1.54) is 10.9 Å². The van der Waals surface area contributed by atoms with Crippen LogP contribution in [0.15, 0.2) is 12.5 Å². The van der Waals surface area contributed by atoms with E-state index < -0.39 is 9.96 Å². The maximum atomic E-state index is 12.5. The Labute approximate surface area is 157 Å². The number of amides is 1. The van der Waals surface area contributed by atoms with Gasteiger partial charge in [-0.15, -0.1) is 0 Å². The van der Waals surface area contributed by atoms with Gasteiger partial charge in [0, 0.05) is 12.6 Å². The van der Waals surface area contributed by atoms with Crippen LogP contribution >= 0.6 is 34.8 Å². The Morgan fingerprint density at radius 3 is 2.62 bits per heavy atom. The molecule has 1 amide bonds. The van der Waals surface area contributed by atoms with Crippen LogP contribution in [0, 0.1) is 17.3 Å². The van der Waals surface area contributed by atoms with Crippen LogP contribution in [0.2, 0.25) is 0 Å². The Morgan fingerprint density at radius 1 is 1.50 bits per heavy atom. The Morgan fingerprint density at radius 2 is 2.17 bits per heavy atom. The summed E-state index contributed by atoms with van der Waals surface area (Å²) < 4.78 is -0.235. The number of halogens is 3. The molecule has 24 heavy (non-hydrogen) atoms. The lowest BCUT2D eigenvalue weighted by molar-refractivity contribution is -0.128. The first-order valence-corrected chi connectivity index (χ1v) is 9.22. The predicted octanol–water partition coefficient (Wildman–Crippen LogP) is 3.82. The van der Waals surface area contributed by atoms with Gasteiger partial charge in [0.2, 0.25) is 9.70 Å². The van der Waals surface area contributed by atoms with Gasteiger partial charge in [0.15, 0.2) is 6.17 Å². The Hall–Kier alpha value is -0.490. The molecule has 1 aromatic rings. The first-order chi connectivity index (χ1) is 11.1. The molecule has 2 rings (SSSR count). The van der Waals surface area contributed by atoms with Crippen molar-refractivity contribution >= 4 is 40.7 Å². The second-order valence-electron chi connectivity index (χ2n) is 7.05. The largest absolute Gasteiger partial charge is 0.390 e. The van der Waals surface area contributed by atoms with Crippen LogP contribution in [0.4, 0.5) is 0 Å². The topological polar surface area (TPSA) is 67.2 Å². The van der Waals surface area contributed by atoms with E-state index in [-0.39, 0.29) is 17.9 Å². The van der Waals surface area contributed by atoms with Crippen molar-refractivity contribution in [3.8, 4) is 0 Å². The van der Waals surface area contributed by atoms with E-state index in [0.717, 1.165) is 12.8 Å². The molecule has 5 nitrogen and oxygen atoms in total. The van der Waals surface area contributed by atoms with Crippen LogP contribution in [-0.2, 0) is 11.4 Å². The highest BCUT2D eigenvalue weighted by Gasteiger charge is 2.47. The molecule has 1 aliphatic carbocycles. The molecule has 0 radical (unpaired) electrons. The van der Waals surface area contributed by atoms with Crippen molar-refractivity contribution in [1.29, 1.82) is 0 Å². The van der Waals surface area contributed by atoms with Gasteiger partial charge in [-0.05, 0) is 23.7 Å². The first-order valence-electron chi connectivity index (χ1n) is 8.08. The standard InChI is InChI=1S/C16H24Cl3N3O2/c1-4-10-5-11(15(10,2)3)6-13(24)21-14(16(17,18)19)22-7-12(8-23)20-9-22/h7,9-11,14,23H,4-6,8H2,1-3H3,(H,21,24). The number of imidazole rings is 1.